The van der Waals surface area contributed by atoms with Gasteiger partial charge in [0.1, 0.15) is 11.5 Å². The van der Waals surface area contributed by atoms with Gasteiger partial charge < -0.3 is 9.88 Å². The van der Waals surface area contributed by atoms with E-state index in [1.54, 1.807) is 30.1 Å². The maximum absolute atomic E-state index is 12.7. The molecule has 5 heteroatoms. The van der Waals surface area contributed by atoms with E-state index in [9.17, 15) is 9.18 Å². The molecule has 0 saturated carbocycles. The van der Waals surface area contributed by atoms with Gasteiger partial charge in [-0.2, -0.15) is 0 Å². The van der Waals surface area contributed by atoms with Crippen LogP contribution in [0.3, 0.4) is 0 Å². The molecular weight excluding hydrogens is 221 g/mol. The van der Waals surface area contributed by atoms with Crippen LogP contribution in [-0.2, 0) is 7.05 Å². The Balaban J connectivity index is 1.97. The molecule has 1 N–H and O–H groups in total. The Bertz CT molecular complexity index is 519. The number of anilines is 1. The minimum absolute atomic E-state index is 0.0608. The van der Waals surface area contributed by atoms with E-state index >= 15 is 0 Å². The Kier molecular flexibility index (Phi) is 3.18. The molecule has 1 aromatic carbocycles. The normalized spacial score (nSPS) is 10.2. The van der Waals surface area contributed by atoms with Gasteiger partial charge in [0, 0.05) is 12.7 Å². The second-order valence-electron chi connectivity index (χ2n) is 3.67. The molecule has 0 unspecified atom stereocenters. The highest BCUT2D eigenvalue weighted by Gasteiger charge is 2.09. The van der Waals surface area contributed by atoms with E-state index in [-0.39, 0.29) is 18.1 Å². The predicted molar refractivity (Wildman–Crippen MR) is 62.4 cm³/mol. The van der Waals surface area contributed by atoms with Gasteiger partial charge in [0.15, 0.2) is 5.78 Å². The van der Waals surface area contributed by atoms with Gasteiger partial charge >= 0.3 is 0 Å². The molecule has 0 saturated heterocycles. The lowest BCUT2D eigenvalue weighted by Gasteiger charge is -2.05. The van der Waals surface area contributed by atoms with Gasteiger partial charge in [-0.25, -0.2) is 9.37 Å². The highest BCUT2D eigenvalue weighted by Crippen LogP contribution is 2.08. The third-order valence-corrected chi connectivity index (χ3v) is 2.40. The predicted octanol–water partition coefficient (Wildman–Crippen LogP) is 1.85. The summed E-state index contributed by atoms with van der Waals surface area (Å²) in [6.07, 6.45) is 3.10. The van der Waals surface area contributed by atoms with Crippen LogP contribution in [0, 0.1) is 5.82 Å². The lowest BCUT2D eigenvalue weighted by molar-refractivity contribution is 0.0998. The van der Waals surface area contributed by atoms with Gasteiger partial charge in [-0.15, -0.1) is 0 Å². The molecular formula is C12H12FN3O. The number of ketones is 1. The fraction of sp³-hybridized carbons (Fsp3) is 0.167. The fourth-order valence-electron chi connectivity index (χ4n) is 1.47. The fourth-order valence-corrected chi connectivity index (χ4v) is 1.47. The number of halogens is 1. The van der Waals surface area contributed by atoms with Crippen molar-refractivity contribution in [2.75, 3.05) is 11.9 Å². The summed E-state index contributed by atoms with van der Waals surface area (Å²) in [7, 11) is 1.76. The zero-order chi connectivity index (χ0) is 12.3. The molecule has 4 nitrogen and oxygen atoms in total. The molecule has 88 valence electrons. The summed E-state index contributed by atoms with van der Waals surface area (Å²) in [5.74, 6) is -0.358. The van der Waals surface area contributed by atoms with Crippen molar-refractivity contribution in [1.82, 2.24) is 9.55 Å². The summed E-state index contributed by atoms with van der Waals surface area (Å²) < 4.78 is 14.3. The van der Waals surface area contributed by atoms with E-state index in [0.717, 1.165) is 0 Å². The molecule has 0 aliphatic rings. The standard InChI is InChI=1S/C12H12FN3O/c1-16-8-14-6-11(16)12(17)7-15-10-4-2-9(13)3-5-10/h2-6,8,15H,7H2,1H3. The van der Waals surface area contributed by atoms with E-state index in [0.29, 0.717) is 11.4 Å². The van der Waals surface area contributed by atoms with Gasteiger partial charge in [-0.3, -0.25) is 4.79 Å². The molecule has 1 aromatic heterocycles. The first kappa shape index (κ1) is 11.3. The smallest absolute Gasteiger partial charge is 0.199 e. The number of rotatable bonds is 4. The number of imidazole rings is 1. The van der Waals surface area contributed by atoms with Crippen LogP contribution in [0.15, 0.2) is 36.8 Å². The molecule has 0 bridgehead atoms. The Morgan fingerprint density at radius 3 is 2.71 bits per heavy atom. The van der Waals surface area contributed by atoms with Gasteiger partial charge in [0.05, 0.1) is 19.1 Å². The van der Waals surface area contributed by atoms with Crippen LogP contribution < -0.4 is 5.32 Å². The number of carbonyl (C=O) groups excluding carboxylic acids is 1. The van der Waals surface area contributed by atoms with E-state index < -0.39 is 0 Å². The zero-order valence-corrected chi connectivity index (χ0v) is 9.35. The van der Waals surface area contributed by atoms with Gasteiger partial charge in [0.25, 0.3) is 0 Å². The highest BCUT2D eigenvalue weighted by atomic mass is 19.1. The third kappa shape index (κ3) is 2.69. The Labute approximate surface area is 98.1 Å². The first-order valence-electron chi connectivity index (χ1n) is 5.16. The average molecular weight is 233 g/mol. The summed E-state index contributed by atoms with van der Waals surface area (Å²) in [5, 5.41) is 2.93. The molecule has 0 aliphatic carbocycles. The van der Waals surface area contributed by atoms with Crippen molar-refractivity contribution in [2.24, 2.45) is 7.05 Å². The molecule has 0 radical (unpaired) electrons. The molecule has 0 amide bonds. The number of benzene rings is 1. The quantitative estimate of drug-likeness (QED) is 0.820. The lowest BCUT2D eigenvalue weighted by Crippen LogP contribution is -2.16. The number of aryl methyl sites for hydroxylation is 1. The van der Waals surface area contributed by atoms with Crippen LogP contribution in [0.2, 0.25) is 0 Å². The number of aromatic nitrogens is 2. The largest absolute Gasteiger partial charge is 0.378 e. The number of Topliss-reactive ketones (excluding diaryl/α,β-unsaturated/α-hetero) is 1. The zero-order valence-electron chi connectivity index (χ0n) is 9.35. The van der Waals surface area contributed by atoms with E-state index in [2.05, 4.69) is 10.3 Å². The molecule has 17 heavy (non-hydrogen) atoms. The van der Waals surface area contributed by atoms with E-state index in [4.69, 9.17) is 0 Å². The van der Waals surface area contributed by atoms with Gasteiger partial charge in [-0.1, -0.05) is 0 Å². The minimum Gasteiger partial charge on any atom is -0.378 e. The number of hydrogen-bond donors (Lipinski definition) is 1. The number of nitrogens with zero attached hydrogens (tertiary/aromatic N) is 2. The summed E-state index contributed by atoms with van der Waals surface area (Å²) in [5.41, 5.74) is 1.25. The highest BCUT2D eigenvalue weighted by molar-refractivity contribution is 5.97. The minimum atomic E-state index is -0.298. The van der Waals surface area contributed by atoms with Crippen molar-refractivity contribution >= 4 is 11.5 Å². The summed E-state index contributed by atoms with van der Waals surface area (Å²) in [4.78, 5) is 15.6. The van der Waals surface area contributed by atoms with Crippen LogP contribution in [-0.4, -0.2) is 21.9 Å². The number of hydrogen-bond acceptors (Lipinski definition) is 3. The Hall–Kier alpha value is -2.17. The molecule has 0 atom stereocenters. The SMILES string of the molecule is Cn1cncc1C(=O)CNc1ccc(F)cc1. The van der Waals surface area contributed by atoms with Crippen LogP contribution in [0.25, 0.3) is 0 Å². The van der Waals surface area contributed by atoms with Crippen molar-refractivity contribution in [3.8, 4) is 0 Å². The molecule has 0 aliphatic heterocycles. The van der Waals surface area contributed by atoms with Crippen molar-refractivity contribution in [2.45, 2.75) is 0 Å². The molecule has 2 rings (SSSR count). The molecule has 2 aromatic rings. The molecule has 0 spiro atoms. The number of nitrogens with one attached hydrogen (secondary N) is 1. The Morgan fingerprint density at radius 1 is 1.41 bits per heavy atom. The second-order valence-corrected chi connectivity index (χ2v) is 3.67. The second kappa shape index (κ2) is 4.78. The monoisotopic (exact) mass is 233 g/mol. The summed E-state index contributed by atoms with van der Waals surface area (Å²) in [6.45, 7) is 0.158. The van der Waals surface area contributed by atoms with Crippen LogP contribution in [0.5, 0.6) is 0 Å². The topological polar surface area (TPSA) is 46.9 Å². The lowest BCUT2D eigenvalue weighted by atomic mass is 10.2. The first-order valence-corrected chi connectivity index (χ1v) is 5.16. The van der Waals surface area contributed by atoms with Gasteiger partial charge in [0.2, 0.25) is 0 Å². The summed E-state index contributed by atoms with van der Waals surface area (Å²) in [6, 6.07) is 5.87. The molecule has 0 fully saturated rings. The van der Waals surface area contributed by atoms with Crippen molar-refractivity contribution in [3.05, 3.63) is 48.3 Å². The average Bonchev–Trinajstić information content (AvgIpc) is 2.74. The Morgan fingerprint density at radius 2 is 2.12 bits per heavy atom. The molecule has 1 heterocycles. The van der Waals surface area contributed by atoms with Crippen LogP contribution in [0.1, 0.15) is 10.5 Å². The van der Waals surface area contributed by atoms with Crippen LogP contribution in [0.4, 0.5) is 10.1 Å². The van der Waals surface area contributed by atoms with Gasteiger partial charge in [-0.05, 0) is 24.3 Å². The third-order valence-electron chi connectivity index (χ3n) is 2.40. The maximum atomic E-state index is 12.7. The van der Waals surface area contributed by atoms with Crippen LogP contribution >= 0.6 is 0 Å². The first-order chi connectivity index (χ1) is 8.16. The van der Waals surface area contributed by atoms with E-state index in [1.807, 2.05) is 0 Å². The number of carbonyl (C=O) groups is 1. The van der Waals surface area contributed by atoms with Crippen molar-refractivity contribution < 1.29 is 9.18 Å². The maximum Gasteiger partial charge on any atom is 0.199 e. The van der Waals surface area contributed by atoms with E-state index in [1.165, 1.54) is 18.3 Å². The van der Waals surface area contributed by atoms with Crippen molar-refractivity contribution in [1.29, 1.82) is 0 Å². The summed E-state index contributed by atoms with van der Waals surface area (Å²) >= 11 is 0. The van der Waals surface area contributed by atoms with Crippen molar-refractivity contribution in [3.63, 3.8) is 0 Å².